The van der Waals surface area contributed by atoms with E-state index in [1.54, 1.807) is 6.07 Å². The van der Waals surface area contributed by atoms with E-state index in [2.05, 4.69) is 18.7 Å². The summed E-state index contributed by atoms with van der Waals surface area (Å²) in [6.45, 7) is 10.6. The van der Waals surface area contributed by atoms with Crippen molar-refractivity contribution in [1.29, 1.82) is 0 Å². The Bertz CT molecular complexity index is 521. The van der Waals surface area contributed by atoms with Gasteiger partial charge < -0.3 is 15.2 Å². The lowest BCUT2D eigenvalue weighted by Gasteiger charge is -2.35. The summed E-state index contributed by atoms with van der Waals surface area (Å²) in [4.78, 5) is 13.9. The summed E-state index contributed by atoms with van der Waals surface area (Å²) >= 11 is 0. The van der Waals surface area contributed by atoms with Crippen molar-refractivity contribution in [3.05, 3.63) is 29.3 Å². The number of carbonyl (C=O) groups is 1. The molecule has 22 heavy (non-hydrogen) atoms. The number of nitrogens with two attached hydrogens (primary N) is 1. The SMILES string of the molecule is CC(C)Oc1cc(CN2CC(C)OC(C)C2)cc(C(N)=O)c1. The highest BCUT2D eigenvalue weighted by molar-refractivity contribution is 5.93. The van der Waals surface area contributed by atoms with E-state index in [1.165, 1.54) is 0 Å². The van der Waals surface area contributed by atoms with Crippen LogP contribution in [0.3, 0.4) is 0 Å². The highest BCUT2D eigenvalue weighted by Crippen LogP contribution is 2.21. The molecule has 1 aromatic rings. The quantitative estimate of drug-likeness (QED) is 0.905. The van der Waals surface area contributed by atoms with Gasteiger partial charge in [-0.05, 0) is 51.5 Å². The maximum atomic E-state index is 11.5. The van der Waals surface area contributed by atoms with Crippen molar-refractivity contribution in [2.45, 2.75) is 52.6 Å². The third kappa shape index (κ3) is 4.71. The third-order valence-electron chi connectivity index (χ3n) is 3.52. The van der Waals surface area contributed by atoms with Crippen molar-refractivity contribution < 1.29 is 14.3 Å². The molecule has 1 aliphatic rings. The highest BCUT2D eigenvalue weighted by atomic mass is 16.5. The molecule has 122 valence electrons. The first-order valence-corrected chi connectivity index (χ1v) is 7.81. The Hall–Kier alpha value is -1.59. The summed E-state index contributed by atoms with van der Waals surface area (Å²) in [5, 5.41) is 0. The van der Waals surface area contributed by atoms with E-state index < -0.39 is 5.91 Å². The van der Waals surface area contributed by atoms with Gasteiger partial charge in [0.15, 0.2) is 0 Å². The van der Waals surface area contributed by atoms with Crippen LogP contribution < -0.4 is 10.5 Å². The molecule has 0 bridgehead atoms. The highest BCUT2D eigenvalue weighted by Gasteiger charge is 2.22. The molecule has 1 heterocycles. The van der Waals surface area contributed by atoms with Gasteiger partial charge in [0.2, 0.25) is 5.91 Å². The molecule has 2 unspecified atom stereocenters. The topological polar surface area (TPSA) is 64.8 Å². The van der Waals surface area contributed by atoms with E-state index in [9.17, 15) is 4.79 Å². The lowest BCUT2D eigenvalue weighted by atomic mass is 10.1. The Kier molecular flexibility index (Phi) is 5.42. The monoisotopic (exact) mass is 306 g/mol. The first-order valence-electron chi connectivity index (χ1n) is 7.81. The maximum Gasteiger partial charge on any atom is 0.248 e. The fourth-order valence-corrected chi connectivity index (χ4v) is 2.91. The molecule has 0 aromatic heterocycles. The molecule has 5 heteroatoms. The number of rotatable bonds is 5. The molecule has 0 aliphatic carbocycles. The van der Waals surface area contributed by atoms with E-state index in [4.69, 9.17) is 15.2 Å². The molecule has 0 spiro atoms. The third-order valence-corrected chi connectivity index (χ3v) is 3.52. The van der Waals surface area contributed by atoms with Crippen LogP contribution in [0.15, 0.2) is 18.2 Å². The van der Waals surface area contributed by atoms with Gasteiger partial charge in [-0.2, -0.15) is 0 Å². The first kappa shape index (κ1) is 16.8. The van der Waals surface area contributed by atoms with Gasteiger partial charge in [0.1, 0.15) is 5.75 Å². The molecule has 5 nitrogen and oxygen atoms in total. The van der Waals surface area contributed by atoms with Crippen LogP contribution >= 0.6 is 0 Å². The van der Waals surface area contributed by atoms with Crippen LogP contribution in [0.4, 0.5) is 0 Å². The number of amides is 1. The van der Waals surface area contributed by atoms with Crippen LogP contribution in [0.2, 0.25) is 0 Å². The zero-order chi connectivity index (χ0) is 16.3. The Morgan fingerprint density at radius 1 is 1.32 bits per heavy atom. The number of ether oxygens (including phenoxy) is 2. The number of hydrogen-bond donors (Lipinski definition) is 1. The normalized spacial score (nSPS) is 22.8. The molecule has 0 radical (unpaired) electrons. The molecular formula is C17H26N2O3. The summed E-state index contributed by atoms with van der Waals surface area (Å²) in [6.07, 6.45) is 0.489. The fourth-order valence-electron chi connectivity index (χ4n) is 2.91. The van der Waals surface area contributed by atoms with Crippen molar-refractivity contribution in [3.63, 3.8) is 0 Å². The predicted molar refractivity (Wildman–Crippen MR) is 86.0 cm³/mol. The van der Waals surface area contributed by atoms with Crippen molar-refractivity contribution in [2.24, 2.45) is 5.73 Å². The number of primary amides is 1. The Morgan fingerprint density at radius 2 is 1.95 bits per heavy atom. The smallest absolute Gasteiger partial charge is 0.248 e. The minimum absolute atomic E-state index is 0.0550. The van der Waals surface area contributed by atoms with Gasteiger partial charge in [-0.15, -0.1) is 0 Å². The maximum absolute atomic E-state index is 11.5. The molecule has 1 saturated heterocycles. The Balaban J connectivity index is 2.18. The molecule has 1 fully saturated rings. The molecule has 1 aromatic carbocycles. The van der Waals surface area contributed by atoms with Gasteiger partial charge in [-0.25, -0.2) is 0 Å². The van der Waals surface area contributed by atoms with Crippen LogP contribution in [0.1, 0.15) is 43.6 Å². The summed E-state index contributed by atoms with van der Waals surface area (Å²) in [7, 11) is 0. The zero-order valence-corrected chi connectivity index (χ0v) is 13.8. The Morgan fingerprint density at radius 3 is 2.50 bits per heavy atom. The van der Waals surface area contributed by atoms with Crippen LogP contribution in [-0.4, -0.2) is 42.2 Å². The molecule has 2 atom stereocenters. The summed E-state index contributed by atoms with van der Waals surface area (Å²) in [5.74, 6) is 0.259. The predicted octanol–water partition coefficient (Wildman–Crippen LogP) is 2.18. The van der Waals surface area contributed by atoms with Crippen molar-refractivity contribution >= 4 is 5.91 Å². The average molecular weight is 306 g/mol. The Labute approximate surface area is 132 Å². The second-order valence-corrected chi connectivity index (χ2v) is 6.35. The van der Waals surface area contributed by atoms with Crippen LogP contribution in [-0.2, 0) is 11.3 Å². The van der Waals surface area contributed by atoms with Crippen LogP contribution in [0, 0.1) is 0 Å². The molecule has 2 rings (SSSR count). The van der Waals surface area contributed by atoms with E-state index in [0.717, 1.165) is 25.2 Å². The van der Waals surface area contributed by atoms with E-state index >= 15 is 0 Å². The van der Waals surface area contributed by atoms with Gasteiger partial charge in [0.05, 0.1) is 18.3 Å². The van der Waals surface area contributed by atoms with Crippen molar-refractivity contribution in [3.8, 4) is 5.75 Å². The van der Waals surface area contributed by atoms with Gasteiger partial charge in [-0.1, -0.05) is 0 Å². The largest absolute Gasteiger partial charge is 0.491 e. The number of benzene rings is 1. The molecule has 2 N–H and O–H groups in total. The van der Waals surface area contributed by atoms with E-state index in [0.29, 0.717) is 11.3 Å². The van der Waals surface area contributed by atoms with Crippen molar-refractivity contribution in [1.82, 2.24) is 4.90 Å². The molecular weight excluding hydrogens is 280 g/mol. The van der Waals surface area contributed by atoms with Gasteiger partial charge in [-0.3, -0.25) is 9.69 Å². The lowest BCUT2D eigenvalue weighted by molar-refractivity contribution is -0.0705. The molecule has 1 amide bonds. The summed E-state index contributed by atoms with van der Waals surface area (Å²) in [5.41, 5.74) is 6.96. The second kappa shape index (κ2) is 7.11. The molecule has 0 saturated carbocycles. The van der Waals surface area contributed by atoms with E-state index in [-0.39, 0.29) is 18.3 Å². The average Bonchev–Trinajstić information content (AvgIpc) is 2.35. The molecule has 1 aliphatic heterocycles. The van der Waals surface area contributed by atoms with Gasteiger partial charge in [0.25, 0.3) is 0 Å². The van der Waals surface area contributed by atoms with Crippen LogP contribution in [0.5, 0.6) is 5.75 Å². The first-order chi connectivity index (χ1) is 10.3. The number of carbonyl (C=O) groups excluding carboxylic acids is 1. The number of morpholine rings is 1. The number of nitrogens with zero attached hydrogens (tertiary/aromatic N) is 1. The van der Waals surface area contributed by atoms with E-state index in [1.807, 2.05) is 26.0 Å². The second-order valence-electron chi connectivity index (χ2n) is 6.35. The van der Waals surface area contributed by atoms with Gasteiger partial charge >= 0.3 is 0 Å². The minimum atomic E-state index is -0.431. The standard InChI is InChI=1S/C17H26N2O3/c1-11(2)21-16-6-14(5-15(7-16)17(18)20)10-19-8-12(3)22-13(4)9-19/h5-7,11-13H,8-10H2,1-4H3,(H2,18,20). The summed E-state index contributed by atoms with van der Waals surface area (Å²) < 4.78 is 11.5. The minimum Gasteiger partial charge on any atom is -0.491 e. The van der Waals surface area contributed by atoms with Crippen LogP contribution in [0.25, 0.3) is 0 Å². The van der Waals surface area contributed by atoms with Gasteiger partial charge in [0, 0.05) is 25.2 Å². The number of hydrogen-bond acceptors (Lipinski definition) is 4. The fraction of sp³-hybridized carbons (Fsp3) is 0.588. The van der Waals surface area contributed by atoms with Crippen molar-refractivity contribution in [2.75, 3.05) is 13.1 Å². The summed E-state index contributed by atoms with van der Waals surface area (Å²) in [6, 6.07) is 5.54. The lowest BCUT2D eigenvalue weighted by Crippen LogP contribution is -2.44. The zero-order valence-electron chi connectivity index (χ0n) is 13.8.